The molecule has 0 aliphatic carbocycles. The van der Waals surface area contributed by atoms with E-state index in [4.69, 9.17) is 4.74 Å². The van der Waals surface area contributed by atoms with Crippen LogP contribution in [0.1, 0.15) is 46.6 Å². The lowest BCUT2D eigenvalue weighted by molar-refractivity contribution is -0.140. The van der Waals surface area contributed by atoms with Crippen LogP contribution in [0.4, 0.5) is 5.69 Å². The zero-order valence-electron chi connectivity index (χ0n) is 25.9. The molecule has 43 heavy (non-hydrogen) atoms. The molecule has 2 amide bonds. The molecule has 0 bridgehead atoms. The molecule has 0 radical (unpaired) electrons. The molecule has 1 atom stereocenters. The molecule has 3 aromatic carbocycles. The van der Waals surface area contributed by atoms with Crippen molar-refractivity contribution in [1.82, 2.24) is 10.2 Å². The van der Waals surface area contributed by atoms with Crippen LogP contribution < -0.4 is 14.4 Å². The Morgan fingerprint density at radius 2 is 1.56 bits per heavy atom. The van der Waals surface area contributed by atoms with Gasteiger partial charge in [-0.3, -0.25) is 13.9 Å². The van der Waals surface area contributed by atoms with Gasteiger partial charge in [-0.2, -0.15) is 0 Å². The van der Waals surface area contributed by atoms with Crippen molar-refractivity contribution < 1.29 is 22.7 Å². The minimum absolute atomic E-state index is 0.0535. The van der Waals surface area contributed by atoms with E-state index in [1.165, 1.54) is 16.7 Å². The monoisotopic (exact) mass is 625 g/mol. The molecule has 0 aliphatic heterocycles. The maximum atomic E-state index is 14.3. The Morgan fingerprint density at radius 1 is 0.930 bits per heavy atom. The highest BCUT2D eigenvalue weighted by atomic mass is 32.2. The van der Waals surface area contributed by atoms with Gasteiger partial charge in [-0.1, -0.05) is 49.4 Å². The van der Waals surface area contributed by atoms with Gasteiger partial charge >= 0.3 is 0 Å². The lowest BCUT2D eigenvalue weighted by Crippen LogP contribution is -2.56. The first-order valence-electron chi connectivity index (χ1n) is 14.4. The van der Waals surface area contributed by atoms with Gasteiger partial charge < -0.3 is 15.0 Å². The summed E-state index contributed by atoms with van der Waals surface area (Å²) in [7, 11) is -4.20. The van der Waals surface area contributed by atoms with Gasteiger partial charge in [0.15, 0.2) is 0 Å². The summed E-state index contributed by atoms with van der Waals surface area (Å²) in [5.74, 6) is -0.425. The third-order valence-corrected chi connectivity index (χ3v) is 9.25. The number of benzene rings is 3. The summed E-state index contributed by atoms with van der Waals surface area (Å²) in [6.07, 6.45) is 2.78. The van der Waals surface area contributed by atoms with E-state index in [1.807, 2.05) is 71.2 Å². The van der Waals surface area contributed by atoms with Crippen molar-refractivity contribution in [1.29, 1.82) is 0 Å². The first kappa shape index (κ1) is 34.0. The number of ether oxygens (including phenoxy) is 1. The van der Waals surface area contributed by atoms with E-state index in [1.54, 1.807) is 48.5 Å². The van der Waals surface area contributed by atoms with Crippen molar-refractivity contribution >= 4 is 39.3 Å². The summed E-state index contributed by atoms with van der Waals surface area (Å²) in [4.78, 5) is 30.2. The van der Waals surface area contributed by atoms with Crippen LogP contribution >= 0.6 is 11.8 Å². The minimum Gasteiger partial charge on any atom is -0.492 e. The lowest BCUT2D eigenvalue weighted by Gasteiger charge is -2.35. The SMILES string of the molecule is CCOc1ccccc1N(CC(=O)N(CCc1ccccc1)[C@@H](CC)C(=O)NC(C)(C)C)S(=O)(=O)c1ccc(SC)cc1. The second-order valence-electron chi connectivity index (χ2n) is 11.1. The summed E-state index contributed by atoms with van der Waals surface area (Å²) >= 11 is 1.51. The number of nitrogens with one attached hydrogen (secondary N) is 1. The Kier molecular flexibility index (Phi) is 12.1. The summed E-state index contributed by atoms with van der Waals surface area (Å²) < 4.78 is 35.3. The fourth-order valence-electron chi connectivity index (χ4n) is 4.68. The number of nitrogens with zero attached hydrogens (tertiary/aromatic N) is 2. The molecule has 0 aliphatic rings. The molecule has 232 valence electrons. The normalized spacial score (nSPS) is 12.3. The fraction of sp³-hybridized carbons (Fsp3) is 0.394. The third kappa shape index (κ3) is 9.24. The average molecular weight is 626 g/mol. The Morgan fingerprint density at radius 3 is 2.14 bits per heavy atom. The molecule has 0 aromatic heterocycles. The Labute approximate surface area is 260 Å². The van der Waals surface area contributed by atoms with Crippen molar-refractivity contribution in [3.8, 4) is 5.75 Å². The second-order valence-corrected chi connectivity index (χ2v) is 13.8. The summed E-state index contributed by atoms with van der Waals surface area (Å²) in [6, 6.07) is 22.2. The molecule has 0 unspecified atom stereocenters. The average Bonchev–Trinajstić information content (AvgIpc) is 2.98. The number of carbonyl (C=O) groups is 2. The molecule has 3 aromatic rings. The van der Waals surface area contributed by atoms with E-state index >= 15 is 0 Å². The molecular weight excluding hydrogens is 583 g/mol. The van der Waals surface area contributed by atoms with E-state index in [0.29, 0.717) is 25.2 Å². The van der Waals surface area contributed by atoms with Gasteiger partial charge in [-0.25, -0.2) is 8.42 Å². The van der Waals surface area contributed by atoms with Gasteiger partial charge in [0.1, 0.15) is 18.3 Å². The standard InChI is InChI=1S/C33H43N3O5S2/c1-7-28(32(38)34-33(3,4)5)35(23-22-25-14-10-9-11-15-25)31(37)24-36(29-16-12-13-17-30(29)41-8-2)43(39,40)27-20-18-26(42-6)19-21-27/h9-21,28H,7-8,22-24H2,1-6H3,(H,34,38)/t28-/m0/s1. The minimum atomic E-state index is -4.20. The van der Waals surface area contributed by atoms with Crippen molar-refractivity contribution in [3.63, 3.8) is 0 Å². The molecule has 10 heteroatoms. The number of anilines is 1. The zero-order valence-corrected chi connectivity index (χ0v) is 27.5. The molecule has 8 nitrogen and oxygen atoms in total. The van der Waals surface area contributed by atoms with E-state index in [2.05, 4.69) is 5.32 Å². The number of thioether (sulfide) groups is 1. The van der Waals surface area contributed by atoms with Gasteiger partial charge in [0.05, 0.1) is 17.2 Å². The molecular formula is C33H43N3O5S2. The molecule has 0 saturated heterocycles. The van der Waals surface area contributed by atoms with Gasteiger partial charge in [-0.15, -0.1) is 11.8 Å². The van der Waals surface area contributed by atoms with Gasteiger partial charge in [0, 0.05) is 17.0 Å². The smallest absolute Gasteiger partial charge is 0.264 e. The van der Waals surface area contributed by atoms with Crippen LogP contribution in [0.2, 0.25) is 0 Å². The predicted molar refractivity (Wildman–Crippen MR) is 174 cm³/mol. The van der Waals surface area contributed by atoms with Crippen LogP contribution in [-0.4, -0.2) is 62.7 Å². The van der Waals surface area contributed by atoms with Crippen molar-refractivity contribution in [3.05, 3.63) is 84.4 Å². The van der Waals surface area contributed by atoms with E-state index in [-0.39, 0.29) is 23.0 Å². The van der Waals surface area contributed by atoms with Crippen LogP contribution in [0, 0.1) is 0 Å². The summed E-state index contributed by atoms with van der Waals surface area (Å²) in [6.45, 7) is 9.36. The van der Waals surface area contributed by atoms with Crippen LogP contribution in [-0.2, 0) is 26.0 Å². The summed E-state index contributed by atoms with van der Waals surface area (Å²) in [5.41, 5.74) is 0.751. The zero-order chi connectivity index (χ0) is 31.6. The molecule has 0 heterocycles. The molecule has 1 N–H and O–H groups in total. The van der Waals surface area contributed by atoms with Crippen LogP contribution in [0.15, 0.2) is 88.7 Å². The Bertz CT molecular complexity index is 1460. The number of hydrogen-bond acceptors (Lipinski definition) is 6. The Balaban J connectivity index is 2.08. The highest BCUT2D eigenvalue weighted by Crippen LogP contribution is 2.33. The number of rotatable bonds is 14. The summed E-state index contributed by atoms with van der Waals surface area (Å²) in [5, 5.41) is 2.99. The number of hydrogen-bond donors (Lipinski definition) is 1. The largest absolute Gasteiger partial charge is 0.492 e. The Hall–Kier alpha value is -3.50. The van der Waals surface area contributed by atoms with Crippen molar-refractivity contribution in [2.75, 3.05) is 30.3 Å². The van der Waals surface area contributed by atoms with Crippen LogP contribution in [0.25, 0.3) is 0 Å². The van der Waals surface area contributed by atoms with E-state index < -0.39 is 34.1 Å². The van der Waals surface area contributed by atoms with Gasteiger partial charge in [0.2, 0.25) is 11.8 Å². The number of sulfonamides is 1. The maximum Gasteiger partial charge on any atom is 0.264 e. The van der Waals surface area contributed by atoms with Crippen LogP contribution in [0.3, 0.4) is 0 Å². The molecule has 0 saturated carbocycles. The fourth-order valence-corrected chi connectivity index (χ4v) is 6.51. The molecule has 0 spiro atoms. The first-order chi connectivity index (χ1) is 20.4. The molecule has 3 rings (SSSR count). The van der Waals surface area contributed by atoms with Gasteiger partial charge in [0.25, 0.3) is 10.0 Å². The van der Waals surface area contributed by atoms with E-state index in [9.17, 15) is 18.0 Å². The van der Waals surface area contributed by atoms with Crippen molar-refractivity contribution in [2.24, 2.45) is 0 Å². The van der Waals surface area contributed by atoms with E-state index in [0.717, 1.165) is 14.8 Å². The van der Waals surface area contributed by atoms with Gasteiger partial charge in [-0.05, 0) is 88.8 Å². The number of amides is 2. The first-order valence-corrected chi connectivity index (χ1v) is 17.1. The predicted octanol–water partition coefficient (Wildman–Crippen LogP) is 5.77. The second kappa shape index (κ2) is 15.3. The van der Waals surface area contributed by atoms with Crippen LogP contribution in [0.5, 0.6) is 5.75 Å². The third-order valence-electron chi connectivity index (χ3n) is 6.73. The highest BCUT2D eigenvalue weighted by Gasteiger charge is 2.35. The number of para-hydroxylation sites is 2. The molecule has 0 fully saturated rings. The highest BCUT2D eigenvalue weighted by molar-refractivity contribution is 7.98. The maximum absolute atomic E-state index is 14.3. The lowest BCUT2D eigenvalue weighted by atomic mass is 10.1. The number of carbonyl (C=O) groups excluding carboxylic acids is 2. The quantitative estimate of drug-likeness (QED) is 0.229. The van der Waals surface area contributed by atoms with Crippen molar-refractivity contribution in [2.45, 2.75) is 68.8 Å². The topological polar surface area (TPSA) is 96.0 Å².